The van der Waals surface area contributed by atoms with E-state index in [4.69, 9.17) is 9.84 Å². The minimum atomic E-state index is -0.700. The molecule has 15 heavy (non-hydrogen) atoms. The van der Waals surface area contributed by atoms with E-state index in [-0.39, 0.29) is 11.7 Å². The van der Waals surface area contributed by atoms with Gasteiger partial charge in [-0.15, -0.1) is 0 Å². The third-order valence-electron chi connectivity index (χ3n) is 2.80. The summed E-state index contributed by atoms with van der Waals surface area (Å²) in [5, 5.41) is 9.47. The summed E-state index contributed by atoms with van der Waals surface area (Å²) < 4.78 is 5.35. The van der Waals surface area contributed by atoms with Gasteiger partial charge in [-0.2, -0.15) is 11.8 Å². The van der Waals surface area contributed by atoms with Crippen molar-refractivity contribution in [2.75, 3.05) is 7.11 Å². The normalized spacial score (nSPS) is 28.7. The summed E-state index contributed by atoms with van der Waals surface area (Å²) in [5.74, 6) is -0.700. The fourth-order valence-electron chi connectivity index (χ4n) is 2.06. The number of aliphatic carboxylic acids is 1. The molecular formula is C11H20O3S. The molecule has 0 radical (unpaired) electrons. The average molecular weight is 232 g/mol. The Bertz CT molecular complexity index is 208. The summed E-state index contributed by atoms with van der Waals surface area (Å²) in [7, 11) is 1.76. The van der Waals surface area contributed by atoms with Gasteiger partial charge in [0.15, 0.2) is 0 Å². The van der Waals surface area contributed by atoms with E-state index in [0.29, 0.717) is 11.4 Å². The molecule has 0 aromatic heterocycles. The number of carbonyl (C=O) groups is 1. The summed E-state index contributed by atoms with van der Waals surface area (Å²) in [6.45, 7) is 2.00. The van der Waals surface area contributed by atoms with Gasteiger partial charge in [0, 0.05) is 17.6 Å². The number of rotatable bonds is 5. The quantitative estimate of drug-likeness (QED) is 0.791. The predicted molar refractivity (Wildman–Crippen MR) is 62.4 cm³/mol. The van der Waals surface area contributed by atoms with Gasteiger partial charge in [0.05, 0.1) is 12.5 Å². The molecule has 1 N–H and O–H groups in total. The Hall–Kier alpha value is -0.220. The standard InChI is InChI=1S/C11H20O3S/c1-8(6-11(12)13)15-10-5-3-4-9(7-10)14-2/h8-10H,3-7H2,1-2H3,(H,12,13). The summed E-state index contributed by atoms with van der Waals surface area (Å²) >= 11 is 1.81. The number of thioether (sulfide) groups is 1. The zero-order valence-electron chi connectivity index (χ0n) is 9.44. The molecule has 4 heteroatoms. The van der Waals surface area contributed by atoms with Gasteiger partial charge in [0.1, 0.15) is 0 Å². The molecule has 3 nitrogen and oxygen atoms in total. The van der Waals surface area contributed by atoms with Crippen LogP contribution in [0.2, 0.25) is 0 Å². The van der Waals surface area contributed by atoms with Crippen LogP contribution < -0.4 is 0 Å². The lowest BCUT2D eigenvalue weighted by Gasteiger charge is -2.29. The number of hydrogen-bond acceptors (Lipinski definition) is 3. The maximum absolute atomic E-state index is 10.5. The molecule has 1 rings (SSSR count). The first-order valence-electron chi connectivity index (χ1n) is 5.52. The first-order chi connectivity index (χ1) is 7.11. The van der Waals surface area contributed by atoms with Crippen LogP contribution in [-0.2, 0) is 9.53 Å². The lowest BCUT2D eigenvalue weighted by atomic mass is 9.97. The first-order valence-corrected chi connectivity index (χ1v) is 6.46. The van der Waals surface area contributed by atoms with Gasteiger partial charge in [-0.25, -0.2) is 0 Å². The predicted octanol–water partition coefficient (Wildman–Crippen LogP) is 2.54. The van der Waals surface area contributed by atoms with Gasteiger partial charge in [-0.3, -0.25) is 4.79 Å². The van der Waals surface area contributed by atoms with E-state index < -0.39 is 5.97 Å². The van der Waals surface area contributed by atoms with Crippen LogP contribution in [-0.4, -0.2) is 34.8 Å². The molecule has 1 saturated carbocycles. The van der Waals surface area contributed by atoms with Crippen molar-refractivity contribution in [1.82, 2.24) is 0 Å². The maximum atomic E-state index is 10.5. The Balaban J connectivity index is 2.27. The van der Waals surface area contributed by atoms with E-state index in [9.17, 15) is 4.79 Å². The number of hydrogen-bond donors (Lipinski definition) is 1. The van der Waals surface area contributed by atoms with Crippen LogP contribution in [0.25, 0.3) is 0 Å². The van der Waals surface area contributed by atoms with Crippen LogP contribution in [0, 0.1) is 0 Å². The van der Waals surface area contributed by atoms with Crippen LogP contribution in [0.4, 0.5) is 0 Å². The zero-order valence-corrected chi connectivity index (χ0v) is 10.3. The molecule has 0 saturated heterocycles. The lowest BCUT2D eigenvalue weighted by Crippen LogP contribution is -2.25. The van der Waals surface area contributed by atoms with Crippen LogP contribution in [0.3, 0.4) is 0 Å². The summed E-state index contributed by atoms with van der Waals surface area (Å²) in [6, 6.07) is 0. The molecule has 3 unspecified atom stereocenters. The van der Waals surface area contributed by atoms with Gasteiger partial charge in [0.2, 0.25) is 0 Å². The van der Waals surface area contributed by atoms with Gasteiger partial charge in [0.25, 0.3) is 0 Å². The molecule has 0 spiro atoms. The van der Waals surface area contributed by atoms with Gasteiger partial charge < -0.3 is 9.84 Å². The Morgan fingerprint density at radius 2 is 2.33 bits per heavy atom. The van der Waals surface area contributed by atoms with Crippen molar-refractivity contribution in [2.45, 2.75) is 55.6 Å². The third kappa shape index (κ3) is 4.89. The summed E-state index contributed by atoms with van der Waals surface area (Å²) in [6.07, 6.45) is 5.28. The Morgan fingerprint density at radius 1 is 1.60 bits per heavy atom. The van der Waals surface area contributed by atoms with Crippen molar-refractivity contribution in [3.63, 3.8) is 0 Å². The molecule has 0 heterocycles. The highest BCUT2D eigenvalue weighted by atomic mass is 32.2. The van der Waals surface area contributed by atoms with Gasteiger partial charge in [-0.05, 0) is 25.7 Å². The second kappa shape index (κ2) is 6.38. The van der Waals surface area contributed by atoms with Crippen LogP contribution >= 0.6 is 11.8 Å². The van der Waals surface area contributed by atoms with Crippen molar-refractivity contribution in [2.24, 2.45) is 0 Å². The monoisotopic (exact) mass is 232 g/mol. The van der Waals surface area contributed by atoms with E-state index in [1.54, 1.807) is 7.11 Å². The topological polar surface area (TPSA) is 46.5 Å². The molecule has 0 aliphatic heterocycles. The second-order valence-corrected chi connectivity index (χ2v) is 5.93. The molecule has 1 aliphatic rings. The van der Waals surface area contributed by atoms with Crippen molar-refractivity contribution >= 4 is 17.7 Å². The minimum Gasteiger partial charge on any atom is -0.481 e. The van der Waals surface area contributed by atoms with Crippen molar-refractivity contribution in [3.8, 4) is 0 Å². The SMILES string of the molecule is COC1CCCC(SC(C)CC(=O)O)C1. The smallest absolute Gasteiger partial charge is 0.304 e. The minimum absolute atomic E-state index is 0.211. The third-order valence-corrected chi connectivity index (χ3v) is 4.24. The van der Waals surface area contributed by atoms with Crippen molar-refractivity contribution in [3.05, 3.63) is 0 Å². The Kier molecular flexibility index (Phi) is 5.47. The number of methoxy groups -OCH3 is 1. The van der Waals surface area contributed by atoms with E-state index >= 15 is 0 Å². The molecule has 1 fully saturated rings. The first kappa shape index (κ1) is 12.8. The van der Waals surface area contributed by atoms with Gasteiger partial charge >= 0.3 is 5.97 Å². The van der Waals surface area contributed by atoms with Crippen LogP contribution in [0.1, 0.15) is 39.0 Å². The second-order valence-electron chi connectivity index (χ2n) is 4.19. The van der Waals surface area contributed by atoms with E-state index in [1.165, 1.54) is 12.8 Å². The highest BCUT2D eigenvalue weighted by molar-refractivity contribution is 8.00. The number of ether oxygens (including phenoxy) is 1. The summed E-state index contributed by atoms with van der Waals surface area (Å²) in [5.41, 5.74) is 0. The lowest BCUT2D eigenvalue weighted by molar-refractivity contribution is -0.136. The largest absolute Gasteiger partial charge is 0.481 e. The molecule has 1 aliphatic carbocycles. The van der Waals surface area contributed by atoms with E-state index in [2.05, 4.69) is 0 Å². The van der Waals surface area contributed by atoms with E-state index in [1.807, 2.05) is 18.7 Å². The number of carboxylic acids is 1. The molecular weight excluding hydrogens is 212 g/mol. The fourth-order valence-corrected chi connectivity index (χ4v) is 3.59. The molecule has 0 aromatic rings. The Morgan fingerprint density at radius 3 is 2.93 bits per heavy atom. The van der Waals surface area contributed by atoms with E-state index in [0.717, 1.165) is 12.8 Å². The molecule has 3 atom stereocenters. The highest BCUT2D eigenvalue weighted by Gasteiger charge is 2.24. The number of carboxylic acid groups (broad SMARTS) is 1. The molecule has 88 valence electrons. The van der Waals surface area contributed by atoms with Crippen LogP contribution in [0.5, 0.6) is 0 Å². The maximum Gasteiger partial charge on any atom is 0.304 e. The molecule has 0 amide bonds. The van der Waals surface area contributed by atoms with Crippen molar-refractivity contribution < 1.29 is 14.6 Å². The average Bonchev–Trinajstić information content (AvgIpc) is 2.16. The van der Waals surface area contributed by atoms with Crippen molar-refractivity contribution in [1.29, 1.82) is 0 Å². The van der Waals surface area contributed by atoms with Gasteiger partial charge in [-0.1, -0.05) is 6.92 Å². The fraction of sp³-hybridized carbons (Fsp3) is 0.909. The zero-order chi connectivity index (χ0) is 11.3. The Labute approximate surface area is 95.6 Å². The molecule has 0 bridgehead atoms. The molecule has 0 aromatic carbocycles. The van der Waals surface area contributed by atoms with Crippen LogP contribution in [0.15, 0.2) is 0 Å². The highest BCUT2D eigenvalue weighted by Crippen LogP contribution is 2.33. The summed E-state index contributed by atoms with van der Waals surface area (Å²) in [4.78, 5) is 10.5.